The van der Waals surface area contributed by atoms with Crippen LogP contribution in [0.1, 0.15) is 25.5 Å². The van der Waals surface area contributed by atoms with Gasteiger partial charge < -0.3 is 9.47 Å². The second kappa shape index (κ2) is 4.72. The maximum absolute atomic E-state index is 12.3. The van der Waals surface area contributed by atoms with Crippen LogP contribution in [0, 0.1) is 5.92 Å². The third-order valence-corrected chi connectivity index (χ3v) is 4.12. The van der Waals surface area contributed by atoms with Gasteiger partial charge in [-0.3, -0.25) is 19.8 Å². The molecule has 1 fully saturated rings. The fraction of sp³-hybridized carbons (Fsp3) is 0.400. The number of fused-ring (bicyclic) bond motifs is 4. The first kappa shape index (κ1) is 14.4. The third-order valence-electron chi connectivity index (χ3n) is 4.12. The summed E-state index contributed by atoms with van der Waals surface area (Å²) in [6, 6.07) is 5.69. The van der Waals surface area contributed by atoms with Crippen LogP contribution in [0.2, 0.25) is 0 Å². The van der Waals surface area contributed by atoms with Crippen LogP contribution in [-0.2, 0) is 14.3 Å². The number of ether oxygens (including phenoxy) is 2. The van der Waals surface area contributed by atoms with E-state index in [9.17, 15) is 14.4 Å². The number of hydrogen-bond acceptors (Lipinski definition) is 5. The second-order valence-corrected chi connectivity index (χ2v) is 5.51. The van der Waals surface area contributed by atoms with Crippen molar-refractivity contribution >= 4 is 17.9 Å². The van der Waals surface area contributed by atoms with Crippen LogP contribution in [0.4, 0.5) is 4.79 Å². The number of carbonyl (C=O) groups is 3. The van der Waals surface area contributed by atoms with Crippen molar-refractivity contribution in [2.75, 3.05) is 7.11 Å². The highest BCUT2D eigenvalue weighted by atomic mass is 16.5. The molecule has 1 aromatic carbocycles. The number of nitrogens with zero attached hydrogens (tertiary/aromatic N) is 1. The average Bonchev–Trinajstić information content (AvgIpc) is 2.44. The number of benzene rings is 1. The number of imide groups is 1. The van der Waals surface area contributed by atoms with Crippen LogP contribution >= 0.6 is 0 Å². The Balaban J connectivity index is 2.23. The SMILES string of the molecule is COC(=O)C1C2c3ccccc3OC1(C)NC(=O)N2C(C)=O. The maximum atomic E-state index is 12.3. The molecule has 116 valence electrons. The minimum atomic E-state index is -1.27. The minimum Gasteiger partial charge on any atom is -0.469 e. The fourth-order valence-electron chi connectivity index (χ4n) is 3.20. The van der Waals surface area contributed by atoms with Gasteiger partial charge in [-0.1, -0.05) is 18.2 Å². The van der Waals surface area contributed by atoms with Gasteiger partial charge in [-0.15, -0.1) is 0 Å². The van der Waals surface area contributed by atoms with Gasteiger partial charge in [-0.2, -0.15) is 0 Å². The molecule has 2 heterocycles. The molecular formula is C15H16N2O5. The van der Waals surface area contributed by atoms with Crippen molar-refractivity contribution in [3.8, 4) is 5.75 Å². The summed E-state index contributed by atoms with van der Waals surface area (Å²) < 4.78 is 10.7. The van der Waals surface area contributed by atoms with Crippen molar-refractivity contribution in [2.24, 2.45) is 5.92 Å². The Morgan fingerprint density at radius 3 is 2.68 bits per heavy atom. The Hall–Kier alpha value is -2.57. The molecule has 0 aromatic heterocycles. The summed E-state index contributed by atoms with van der Waals surface area (Å²) in [5.41, 5.74) is -0.657. The number of hydrogen-bond donors (Lipinski definition) is 1. The third kappa shape index (κ3) is 1.85. The molecule has 7 heteroatoms. The molecule has 2 bridgehead atoms. The molecule has 1 aromatic rings. The van der Waals surface area contributed by atoms with Crippen molar-refractivity contribution in [3.05, 3.63) is 29.8 Å². The van der Waals surface area contributed by atoms with E-state index >= 15 is 0 Å². The number of rotatable bonds is 1. The normalized spacial score (nSPS) is 29.0. The Bertz CT molecular complexity index is 674. The smallest absolute Gasteiger partial charge is 0.327 e. The number of amides is 3. The van der Waals surface area contributed by atoms with E-state index in [-0.39, 0.29) is 0 Å². The monoisotopic (exact) mass is 304 g/mol. The molecule has 3 atom stereocenters. The van der Waals surface area contributed by atoms with Crippen LogP contribution in [0.25, 0.3) is 0 Å². The van der Waals surface area contributed by atoms with Crippen LogP contribution in [-0.4, -0.2) is 35.6 Å². The lowest BCUT2D eigenvalue weighted by atomic mass is 9.79. The summed E-state index contributed by atoms with van der Waals surface area (Å²) >= 11 is 0. The van der Waals surface area contributed by atoms with Crippen LogP contribution in [0.15, 0.2) is 24.3 Å². The van der Waals surface area contributed by atoms with E-state index in [1.54, 1.807) is 31.2 Å². The standard InChI is InChI=1S/C15H16N2O5/c1-8(18)17-12-9-6-4-5-7-10(9)22-15(2,16-14(17)20)11(12)13(19)21-3/h4-7,11-12H,1-3H3,(H,16,20). The van der Waals surface area contributed by atoms with Crippen molar-refractivity contribution in [1.82, 2.24) is 10.2 Å². The lowest BCUT2D eigenvalue weighted by Gasteiger charge is -2.52. The Kier molecular flexibility index (Phi) is 3.09. The summed E-state index contributed by atoms with van der Waals surface area (Å²) in [6.45, 7) is 2.89. The van der Waals surface area contributed by atoms with Gasteiger partial charge in [0.1, 0.15) is 11.7 Å². The van der Waals surface area contributed by atoms with Crippen molar-refractivity contribution in [2.45, 2.75) is 25.6 Å². The summed E-state index contributed by atoms with van der Waals surface area (Å²) in [6.07, 6.45) is 0. The molecule has 3 unspecified atom stereocenters. The van der Waals surface area contributed by atoms with E-state index < -0.39 is 35.6 Å². The fourth-order valence-corrected chi connectivity index (χ4v) is 3.20. The second-order valence-electron chi connectivity index (χ2n) is 5.51. The molecule has 2 aliphatic rings. The number of urea groups is 1. The lowest BCUT2D eigenvalue weighted by molar-refractivity contribution is -0.167. The zero-order valence-corrected chi connectivity index (χ0v) is 12.5. The molecule has 22 heavy (non-hydrogen) atoms. The predicted octanol–water partition coefficient (Wildman–Crippen LogP) is 1.20. The van der Waals surface area contributed by atoms with Gasteiger partial charge >= 0.3 is 12.0 Å². The summed E-state index contributed by atoms with van der Waals surface area (Å²) in [5.74, 6) is -1.32. The topological polar surface area (TPSA) is 84.9 Å². The molecule has 0 aliphatic carbocycles. The largest absolute Gasteiger partial charge is 0.469 e. The molecule has 2 aliphatic heterocycles. The lowest BCUT2D eigenvalue weighted by Crippen LogP contribution is -2.71. The molecule has 7 nitrogen and oxygen atoms in total. The summed E-state index contributed by atoms with van der Waals surface area (Å²) in [7, 11) is 1.27. The number of esters is 1. The van der Waals surface area contributed by atoms with Gasteiger partial charge in [0, 0.05) is 12.5 Å². The van der Waals surface area contributed by atoms with Gasteiger partial charge in [0.25, 0.3) is 0 Å². The van der Waals surface area contributed by atoms with E-state index in [1.165, 1.54) is 14.0 Å². The molecule has 3 amide bonds. The molecule has 1 saturated heterocycles. The van der Waals surface area contributed by atoms with Crippen LogP contribution in [0.5, 0.6) is 5.75 Å². The first-order chi connectivity index (χ1) is 10.4. The summed E-state index contributed by atoms with van der Waals surface area (Å²) in [4.78, 5) is 37.6. The zero-order chi connectivity index (χ0) is 16.1. The van der Waals surface area contributed by atoms with Crippen LogP contribution < -0.4 is 10.1 Å². The van der Waals surface area contributed by atoms with E-state index in [0.717, 1.165) is 4.90 Å². The first-order valence-electron chi connectivity index (χ1n) is 6.87. The van der Waals surface area contributed by atoms with Crippen molar-refractivity contribution < 1.29 is 23.9 Å². The Morgan fingerprint density at radius 2 is 2.05 bits per heavy atom. The van der Waals surface area contributed by atoms with Gasteiger partial charge in [-0.05, 0) is 13.0 Å². The number of carbonyl (C=O) groups excluding carboxylic acids is 3. The van der Waals surface area contributed by atoms with E-state index in [0.29, 0.717) is 11.3 Å². The highest BCUT2D eigenvalue weighted by Gasteiger charge is 2.60. The minimum absolute atomic E-state index is 0.449. The van der Waals surface area contributed by atoms with E-state index in [2.05, 4.69) is 5.32 Å². The first-order valence-corrected chi connectivity index (χ1v) is 6.87. The highest BCUT2D eigenvalue weighted by Crippen LogP contribution is 2.48. The van der Waals surface area contributed by atoms with Crippen molar-refractivity contribution in [1.29, 1.82) is 0 Å². The van der Waals surface area contributed by atoms with Gasteiger partial charge in [0.15, 0.2) is 5.72 Å². The van der Waals surface area contributed by atoms with Gasteiger partial charge in [-0.25, -0.2) is 4.79 Å². The van der Waals surface area contributed by atoms with Crippen molar-refractivity contribution in [3.63, 3.8) is 0 Å². The molecule has 1 N–H and O–H groups in total. The number of methoxy groups -OCH3 is 1. The van der Waals surface area contributed by atoms with E-state index in [1.807, 2.05) is 0 Å². The van der Waals surface area contributed by atoms with Gasteiger partial charge in [0.2, 0.25) is 5.91 Å². The predicted molar refractivity (Wildman–Crippen MR) is 74.8 cm³/mol. The highest BCUT2D eigenvalue weighted by molar-refractivity contribution is 5.97. The quantitative estimate of drug-likeness (QED) is 0.788. The summed E-state index contributed by atoms with van der Waals surface area (Å²) in [5, 5.41) is 2.60. The molecule has 0 radical (unpaired) electrons. The molecular weight excluding hydrogens is 288 g/mol. The molecule has 3 rings (SSSR count). The molecule has 0 saturated carbocycles. The van der Waals surface area contributed by atoms with E-state index in [4.69, 9.17) is 9.47 Å². The number of nitrogens with one attached hydrogen (secondary N) is 1. The van der Waals surface area contributed by atoms with Gasteiger partial charge in [0.05, 0.1) is 13.2 Å². The number of para-hydroxylation sites is 1. The zero-order valence-electron chi connectivity index (χ0n) is 12.5. The average molecular weight is 304 g/mol. The Morgan fingerprint density at radius 1 is 1.36 bits per heavy atom. The molecule has 0 spiro atoms. The Labute approximate surface area is 127 Å². The maximum Gasteiger partial charge on any atom is 0.327 e. The van der Waals surface area contributed by atoms with Crippen LogP contribution in [0.3, 0.4) is 0 Å².